The first-order valence-electron chi connectivity index (χ1n) is 9.74. The Hall–Kier alpha value is -2.25. The molecule has 1 aliphatic carbocycles. The Balaban J connectivity index is 1.74. The number of alkyl halides is 3. The minimum absolute atomic E-state index is 0.0139. The van der Waals surface area contributed by atoms with Crippen molar-refractivity contribution in [2.45, 2.75) is 57.7 Å². The van der Waals surface area contributed by atoms with Crippen LogP contribution in [-0.2, 0) is 15.8 Å². The molecule has 5 nitrogen and oxygen atoms in total. The van der Waals surface area contributed by atoms with Crippen LogP contribution in [-0.4, -0.2) is 35.9 Å². The van der Waals surface area contributed by atoms with E-state index in [0.717, 1.165) is 37.8 Å². The van der Waals surface area contributed by atoms with Crippen molar-refractivity contribution in [2.24, 2.45) is 5.92 Å². The quantitative estimate of drug-likeness (QED) is 0.780. The molecule has 0 unspecified atom stereocenters. The lowest BCUT2D eigenvalue weighted by Gasteiger charge is -2.24. The third kappa shape index (κ3) is 4.59. The Morgan fingerprint density at radius 2 is 2.00 bits per heavy atom. The van der Waals surface area contributed by atoms with Crippen LogP contribution in [0.2, 0.25) is 0 Å². The summed E-state index contributed by atoms with van der Waals surface area (Å²) in [6, 6.07) is 3.22. The van der Waals surface area contributed by atoms with Gasteiger partial charge in [0.2, 0.25) is 11.8 Å². The average molecular weight is 398 g/mol. The van der Waals surface area contributed by atoms with Crippen LogP contribution in [0.1, 0.15) is 51.0 Å². The molecule has 28 heavy (non-hydrogen) atoms. The number of benzene rings is 1. The predicted octanol–water partition coefficient (Wildman–Crippen LogP) is 4.22. The SMILES string of the molecule is CCCOc1ccc(C(F)(F)F)cc1NC(=O)[C@H]1CC(=O)N(C2CCCC2)C1. The van der Waals surface area contributed by atoms with Gasteiger partial charge in [0.15, 0.2) is 0 Å². The van der Waals surface area contributed by atoms with Gasteiger partial charge in [-0.15, -0.1) is 0 Å². The van der Waals surface area contributed by atoms with Crippen LogP contribution in [0.5, 0.6) is 5.75 Å². The summed E-state index contributed by atoms with van der Waals surface area (Å²) in [7, 11) is 0. The van der Waals surface area contributed by atoms with Gasteiger partial charge in [0, 0.05) is 19.0 Å². The molecular weight excluding hydrogens is 373 g/mol. The molecule has 1 atom stereocenters. The second-order valence-corrected chi connectivity index (χ2v) is 7.43. The number of rotatable bonds is 6. The Morgan fingerprint density at radius 3 is 2.64 bits per heavy atom. The van der Waals surface area contributed by atoms with E-state index in [-0.39, 0.29) is 29.8 Å². The first kappa shape index (κ1) is 20.5. The Labute approximate surface area is 162 Å². The molecular formula is C20H25F3N2O3. The highest BCUT2D eigenvalue weighted by Gasteiger charge is 2.39. The molecule has 3 rings (SSSR count). The van der Waals surface area contributed by atoms with E-state index in [9.17, 15) is 22.8 Å². The van der Waals surface area contributed by atoms with Crippen molar-refractivity contribution in [2.75, 3.05) is 18.5 Å². The first-order valence-corrected chi connectivity index (χ1v) is 9.74. The minimum atomic E-state index is -4.52. The summed E-state index contributed by atoms with van der Waals surface area (Å²) in [6.45, 7) is 2.52. The van der Waals surface area contributed by atoms with Crippen LogP contribution in [0.3, 0.4) is 0 Å². The number of anilines is 1. The highest BCUT2D eigenvalue weighted by atomic mass is 19.4. The predicted molar refractivity (Wildman–Crippen MR) is 97.9 cm³/mol. The Kier molecular flexibility index (Phi) is 6.15. The van der Waals surface area contributed by atoms with E-state index in [1.165, 1.54) is 6.07 Å². The molecule has 1 aliphatic heterocycles. The molecule has 0 bridgehead atoms. The maximum Gasteiger partial charge on any atom is 0.416 e. The molecule has 1 N–H and O–H groups in total. The van der Waals surface area contributed by atoms with Crippen LogP contribution in [0.4, 0.5) is 18.9 Å². The normalized spacial score (nSPS) is 20.6. The number of hydrogen-bond acceptors (Lipinski definition) is 3. The second-order valence-electron chi connectivity index (χ2n) is 7.43. The fourth-order valence-corrected chi connectivity index (χ4v) is 3.85. The van der Waals surface area contributed by atoms with E-state index in [2.05, 4.69) is 5.32 Å². The highest BCUT2D eigenvalue weighted by Crippen LogP contribution is 2.36. The molecule has 2 aliphatic rings. The zero-order valence-electron chi connectivity index (χ0n) is 15.8. The monoisotopic (exact) mass is 398 g/mol. The summed E-state index contributed by atoms with van der Waals surface area (Å²) < 4.78 is 44.7. The highest BCUT2D eigenvalue weighted by molar-refractivity contribution is 5.98. The van der Waals surface area contributed by atoms with Gasteiger partial charge < -0.3 is 15.0 Å². The summed E-state index contributed by atoms with van der Waals surface area (Å²) in [5.41, 5.74) is -0.873. The number of nitrogens with one attached hydrogen (secondary N) is 1. The topological polar surface area (TPSA) is 58.6 Å². The van der Waals surface area contributed by atoms with Gasteiger partial charge in [-0.25, -0.2) is 0 Å². The largest absolute Gasteiger partial charge is 0.491 e. The van der Waals surface area contributed by atoms with Crippen LogP contribution in [0, 0.1) is 5.92 Å². The maximum absolute atomic E-state index is 13.1. The molecule has 8 heteroatoms. The number of halogens is 3. The number of amides is 2. The van der Waals surface area contributed by atoms with Gasteiger partial charge in [-0.1, -0.05) is 19.8 Å². The standard InChI is InChI=1S/C20H25F3N2O3/c1-2-9-28-17-8-7-14(20(21,22)23)11-16(17)24-19(27)13-10-18(26)25(12-13)15-5-3-4-6-15/h7-8,11,13,15H,2-6,9-10,12H2,1H3,(H,24,27)/t13-/m0/s1. The molecule has 1 aromatic carbocycles. The second kappa shape index (κ2) is 8.41. The van der Waals surface area contributed by atoms with Gasteiger partial charge in [-0.05, 0) is 37.5 Å². The number of ether oxygens (including phenoxy) is 1. The number of nitrogens with zero attached hydrogens (tertiary/aromatic N) is 1. The third-order valence-corrected chi connectivity index (χ3v) is 5.32. The van der Waals surface area contributed by atoms with Crippen LogP contribution in [0.25, 0.3) is 0 Å². The summed E-state index contributed by atoms with van der Waals surface area (Å²) in [4.78, 5) is 26.7. The van der Waals surface area contributed by atoms with E-state index in [1.54, 1.807) is 4.90 Å². The molecule has 2 fully saturated rings. The Morgan fingerprint density at radius 1 is 1.29 bits per heavy atom. The van der Waals surface area contributed by atoms with Gasteiger partial charge >= 0.3 is 6.18 Å². The molecule has 0 radical (unpaired) electrons. The number of carbonyl (C=O) groups excluding carboxylic acids is 2. The van der Waals surface area contributed by atoms with Gasteiger partial charge in [-0.2, -0.15) is 13.2 Å². The van der Waals surface area contributed by atoms with E-state index in [4.69, 9.17) is 4.74 Å². The molecule has 2 amide bonds. The van der Waals surface area contributed by atoms with E-state index >= 15 is 0 Å². The molecule has 1 saturated carbocycles. The third-order valence-electron chi connectivity index (χ3n) is 5.32. The lowest BCUT2D eigenvalue weighted by molar-refractivity contribution is -0.137. The van der Waals surface area contributed by atoms with Gasteiger partial charge in [0.25, 0.3) is 0 Å². The summed E-state index contributed by atoms with van der Waals surface area (Å²) in [6.07, 6.45) is 0.298. The molecule has 0 spiro atoms. The van der Waals surface area contributed by atoms with Crippen LogP contribution < -0.4 is 10.1 Å². The average Bonchev–Trinajstić information content (AvgIpc) is 3.29. The first-order chi connectivity index (χ1) is 13.3. The lowest BCUT2D eigenvalue weighted by atomic mass is 10.1. The Bertz CT molecular complexity index is 730. The molecule has 1 aromatic rings. The maximum atomic E-state index is 13.1. The van der Waals surface area contributed by atoms with Crippen molar-refractivity contribution in [3.8, 4) is 5.75 Å². The molecule has 154 valence electrons. The van der Waals surface area contributed by atoms with Crippen molar-refractivity contribution in [3.05, 3.63) is 23.8 Å². The zero-order chi connectivity index (χ0) is 20.3. The smallest absolute Gasteiger partial charge is 0.416 e. The van der Waals surface area contributed by atoms with Crippen LogP contribution in [0.15, 0.2) is 18.2 Å². The number of hydrogen-bond donors (Lipinski definition) is 1. The number of carbonyl (C=O) groups is 2. The van der Waals surface area contributed by atoms with Gasteiger partial charge in [0.05, 0.1) is 23.8 Å². The fraction of sp³-hybridized carbons (Fsp3) is 0.600. The van der Waals surface area contributed by atoms with Crippen molar-refractivity contribution < 1.29 is 27.5 Å². The molecule has 1 heterocycles. The fourth-order valence-electron chi connectivity index (χ4n) is 3.85. The van der Waals surface area contributed by atoms with E-state index in [0.29, 0.717) is 19.6 Å². The van der Waals surface area contributed by atoms with Gasteiger partial charge in [0.1, 0.15) is 5.75 Å². The summed E-state index contributed by atoms with van der Waals surface area (Å²) >= 11 is 0. The van der Waals surface area contributed by atoms with E-state index < -0.39 is 23.6 Å². The van der Waals surface area contributed by atoms with Gasteiger partial charge in [-0.3, -0.25) is 9.59 Å². The lowest BCUT2D eigenvalue weighted by Crippen LogP contribution is -2.35. The van der Waals surface area contributed by atoms with Crippen molar-refractivity contribution in [3.63, 3.8) is 0 Å². The zero-order valence-corrected chi connectivity index (χ0v) is 15.8. The van der Waals surface area contributed by atoms with Crippen molar-refractivity contribution in [1.29, 1.82) is 0 Å². The minimum Gasteiger partial charge on any atom is -0.491 e. The summed E-state index contributed by atoms with van der Waals surface area (Å²) in [5.74, 6) is -0.880. The van der Waals surface area contributed by atoms with E-state index in [1.807, 2.05) is 6.92 Å². The van der Waals surface area contributed by atoms with Crippen molar-refractivity contribution >= 4 is 17.5 Å². The molecule has 1 saturated heterocycles. The van der Waals surface area contributed by atoms with Crippen molar-refractivity contribution in [1.82, 2.24) is 4.90 Å². The molecule has 0 aromatic heterocycles. The number of likely N-dealkylation sites (tertiary alicyclic amines) is 1. The summed E-state index contributed by atoms with van der Waals surface area (Å²) in [5, 5.41) is 2.56. The van der Waals surface area contributed by atoms with Crippen LogP contribution >= 0.6 is 0 Å².